The minimum absolute atomic E-state index is 0.261. The molecule has 5 nitrogen and oxygen atoms in total. The number of benzene rings is 2. The zero-order valence-electron chi connectivity index (χ0n) is 19.2. The topological polar surface area (TPSA) is 47.4 Å². The lowest BCUT2D eigenvalue weighted by Gasteiger charge is -2.26. The van der Waals surface area contributed by atoms with E-state index in [1.807, 2.05) is 45.0 Å². The van der Waals surface area contributed by atoms with E-state index >= 15 is 0 Å². The summed E-state index contributed by atoms with van der Waals surface area (Å²) >= 11 is 6.15. The van der Waals surface area contributed by atoms with Crippen molar-refractivity contribution in [3.63, 3.8) is 0 Å². The lowest BCUT2D eigenvalue weighted by molar-refractivity contribution is 0.0258. The molecule has 3 aromatic rings. The average Bonchev–Trinajstić information content (AvgIpc) is 2.92. The molecule has 0 bridgehead atoms. The van der Waals surface area contributed by atoms with E-state index < -0.39 is 5.60 Å². The predicted octanol–water partition coefficient (Wildman–Crippen LogP) is 5.90. The summed E-state index contributed by atoms with van der Waals surface area (Å²) in [7, 11) is 0. The number of amides is 1. The minimum Gasteiger partial charge on any atom is -0.444 e. The van der Waals surface area contributed by atoms with Gasteiger partial charge in [-0.2, -0.15) is 5.10 Å². The number of fused-ring (bicyclic) bond motifs is 1. The Morgan fingerprint density at radius 1 is 1.03 bits per heavy atom. The normalized spacial score (nSPS) is 14.1. The summed E-state index contributed by atoms with van der Waals surface area (Å²) < 4.78 is 7.69. The molecular weight excluding hydrogens is 422 g/mol. The Morgan fingerprint density at radius 2 is 1.69 bits per heavy atom. The second kappa shape index (κ2) is 8.99. The molecular formula is C26H30ClN3O2. The number of rotatable bonds is 3. The van der Waals surface area contributed by atoms with Gasteiger partial charge >= 0.3 is 6.09 Å². The Kier molecular flexibility index (Phi) is 6.29. The van der Waals surface area contributed by atoms with Gasteiger partial charge in [-0.15, -0.1) is 0 Å². The summed E-state index contributed by atoms with van der Waals surface area (Å²) in [6, 6.07) is 16.5. The SMILES string of the molecule is Cc1ccc(Cn2nc3c(c2-c2ccc(Cl)cc2)CCN(C(=O)OC(C)(C)C)CC3)cc1. The van der Waals surface area contributed by atoms with Crippen LogP contribution in [0.15, 0.2) is 48.5 Å². The molecule has 1 aliphatic heterocycles. The molecule has 0 radical (unpaired) electrons. The number of carbonyl (C=O) groups excluding carboxylic acids is 1. The summed E-state index contributed by atoms with van der Waals surface area (Å²) in [5.74, 6) is 0. The molecule has 0 N–H and O–H groups in total. The maximum atomic E-state index is 12.6. The lowest BCUT2D eigenvalue weighted by Crippen LogP contribution is -2.38. The fourth-order valence-electron chi connectivity index (χ4n) is 4.03. The second-order valence-corrected chi connectivity index (χ2v) is 9.83. The van der Waals surface area contributed by atoms with Gasteiger partial charge in [0.1, 0.15) is 5.60 Å². The van der Waals surface area contributed by atoms with E-state index in [0.29, 0.717) is 31.1 Å². The maximum absolute atomic E-state index is 12.6. The molecule has 168 valence electrons. The van der Waals surface area contributed by atoms with E-state index in [1.165, 1.54) is 16.7 Å². The smallest absolute Gasteiger partial charge is 0.410 e. The van der Waals surface area contributed by atoms with Crippen molar-refractivity contribution in [3.8, 4) is 11.3 Å². The van der Waals surface area contributed by atoms with Crippen LogP contribution in [0.1, 0.15) is 43.2 Å². The number of ether oxygens (including phenoxy) is 1. The Balaban J connectivity index is 1.66. The van der Waals surface area contributed by atoms with Crippen LogP contribution in [0, 0.1) is 6.92 Å². The zero-order chi connectivity index (χ0) is 22.9. The Bertz CT molecular complexity index is 1100. The van der Waals surface area contributed by atoms with Crippen LogP contribution in [0.25, 0.3) is 11.3 Å². The highest BCUT2D eigenvalue weighted by atomic mass is 35.5. The van der Waals surface area contributed by atoms with Crippen LogP contribution in [-0.2, 0) is 24.1 Å². The van der Waals surface area contributed by atoms with Crippen molar-refractivity contribution in [3.05, 3.63) is 75.9 Å². The van der Waals surface area contributed by atoms with Crippen molar-refractivity contribution in [1.82, 2.24) is 14.7 Å². The van der Waals surface area contributed by atoms with Crippen LogP contribution in [0.3, 0.4) is 0 Å². The largest absolute Gasteiger partial charge is 0.444 e. The van der Waals surface area contributed by atoms with Crippen molar-refractivity contribution < 1.29 is 9.53 Å². The first-order valence-corrected chi connectivity index (χ1v) is 11.5. The summed E-state index contributed by atoms with van der Waals surface area (Å²) in [5, 5.41) is 5.71. The van der Waals surface area contributed by atoms with Crippen molar-refractivity contribution in [2.45, 2.75) is 52.7 Å². The number of aryl methyl sites for hydroxylation is 1. The summed E-state index contributed by atoms with van der Waals surface area (Å²) in [6.07, 6.45) is 1.18. The first kappa shape index (κ1) is 22.4. The highest BCUT2D eigenvalue weighted by Gasteiger charge is 2.28. The van der Waals surface area contributed by atoms with Gasteiger partial charge in [-0.1, -0.05) is 53.6 Å². The van der Waals surface area contributed by atoms with E-state index in [2.05, 4.69) is 35.9 Å². The van der Waals surface area contributed by atoms with E-state index in [4.69, 9.17) is 21.4 Å². The number of hydrogen-bond acceptors (Lipinski definition) is 3. The molecule has 0 aliphatic carbocycles. The lowest BCUT2D eigenvalue weighted by atomic mass is 10.0. The van der Waals surface area contributed by atoms with Gasteiger partial charge in [0.25, 0.3) is 0 Å². The molecule has 1 aliphatic rings. The fourth-order valence-corrected chi connectivity index (χ4v) is 4.16. The van der Waals surface area contributed by atoms with Gasteiger partial charge in [-0.25, -0.2) is 4.79 Å². The van der Waals surface area contributed by atoms with Crippen molar-refractivity contribution in [1.29, 1.82) is 0 Å². The molecule has 6 heteroatoms. The molecule has 1 aromatic heterocycles. The van der Waals surface area contributed by atoms with Gasteiger partial charge in [0, 0.05) is 35.7 Å². The fraction of sp³-hybridized carbons (Fsp3) is 0.385. The maximum Gasteiger partial charge on any atom is 0.410 e. The van der Waals surface area contributed by atoms with E-state index in [0.717, 1.165) is 23.4 Å². The van der Waals surface area contributed by atoms with Crippen molar-refractivity contribution >= 4 is 17.7 Å². The van der Waals surface area contributed by atoms with E-state index in [9.17, 15) is 4.79 Å². The van der Waals surface area contributed by atoms with Crippen LogP contribution < -0.4 is 0 Å². The molecule has 0 saturated carbocycles. The zero-order valence-corrected chi connectivity index (χ0v) is 19.9. The molecule has 2 heterocycles. The predicted molar refractivity (Wildman–Crippen MR) is 128 cm³/mol. The quantitative estimate of drug-likeness (QED) is 0.498. The van der Waals surface area contributed by atoms with Crippen LogP contribution >= 0.6 is 11.6 Å². The van der Waals surface area contributed by atoms with E-state index in [1.54, 1.807) is 4.90 Å². The number of carbonyl (C=O) groups is 1. The first-order chi connectivity index (χ1) is 15.2. The van der Waals surface area contributed by atoms with Gasteiger partial charge in [-0.3, -0.25) is 4.68 Å². The molecule has 32 heavy (non-hydrogen) atoms. The number of halogens is 1. The van der Waals surface area contributed by atoms with Crippen LogP contribution in [0.2, 0.25) is 5.02 Å². The van der Waals surface area contributed by atoms with Gasteiger partial charge < -0.3 is 9.64 Å². The Hall–Kier alpha value is -2.79. The third-order valence-corrected chi connectivity index (χ3v) is 5.86. The summed E-state index contributed by atoms with van der Waals surface area (Å²) in [4.78, 5) is 14.4. The average molecular weight is 452 g/mol. The number of hydrogen-bond donors (Lipinski definition) is 0. The molecule has 4 rings (SSSR count). The van der Waals surface area contributed by atoms with Crippen LogP contribution in [0.5, 0.6) is 0 Å². The van der Waals surface area contributed by atoms with Crippen molar-refractivity contribution in [2.24, 2.45) is 0 Å². The molecule has 0 fully saturated rings. The minimum atomic E-state index is -0.505. The molecule has 0 spiro atoms. The van der Waals surface area contributed by atoms with Crippen LogP contribution in [0.4, 0.5) is 4.79 Å². The van der Waals surface area contributed by atoms with Crippen molar-refractivity contribution in [2.75, 3.05) is 13.1 Å². The third-order valence-electron chi connectivity index (χ3n) is 5.61. The van der Waals surface area contributed by atoms with Gasteiger partial charge in [-0.05, 0) is 51.8 Å². The second-order valence-electron chi connectivity index (χ2n) is 9.39. The molecule has 1 amide bonds. The monoisotopic (exact) mass is 451 g/mol. The number of aromatic nitrogens is 2. The highest BCUT2D eigenvalue weighted by molar-refractivity contribution is 6.30. The van der Waals surface area contributed by atoms with E-state index in [-0.39, 0.29) is 6.09 Å². The summed E-state index contributed by atoms with van der Waals surface area (Å²) in [5.41, 5.74) is 6.38. The van der Waals surface area contributed by atoms with Crippen LogP contribution in [-0.4, -0.2) is 39.5 Å². The Morgan fingerprint density at radius 3 is 2.34 bits per heavy atom. The molecule has 0 atom stereocenters. The standard InChI is InChI=1S/C26H30ClN3O2/c1-18-5-7-19(8-6-18)17-30-24(20-9-11-21(27)12-10-20)22-13-15-29(16-14-23(22)28-30)25(31)32-26(2,3)4/h5-12H,13-17H2,1-4H3. The highest BCUT2D eigenvalue weighted by Crippen LogP contribution is 2.31. The van der Waals surface area contributed by atoms with Gasteiger partial charge in [0.05, 0.1) is 17.9 Å². The molecule has 0 unspecified atom stereocenters. The van der Waals surface area contributed by atoms with Gasteiger partial charge in [0.2, 0.25) is 0 Å². The Labute approximate surface area is 194 Å². The summed E-state index contributed by atoms with van der Waals surface area (Å²) in [6.45, 7) is 9.68. The molecule has 0 saturated heterocycles. The number of nitrogens with zero attached hydrogens (tertiary/aromatic N) is 3. The third kappa shape index (κ3) is 5.16. The molecule has 2 aromatic carbocycles. The van der Waals surface area contributed by atoms with Gasteiger partial charge in [0.15, 0.2) is 0 Å². The first-order valence-electron chi connectivity index (χ1n) is 11.1.